The standard InChI is InChI=1S/C18H22N6O2.ClH/c1-11-7-15-16(22-18(26)21-15)9-14(11)20-17(25)4-3-12-8-13-10-19-5-2-6-24(13)23-12;/h7-9,19H,2-6,10H2,1H3,(H,20,25)(H2,21,22,26);1H. The number of rotatable bonds is 4. The van der Waals surface area contributed by atoms with E-state index in [-0.39, 0.29) is 24.0 Å². The summed E-state index contributed by atoms with van der Waals surface area (Å²) in [5.41, 5.74) is 4.90. The molecule has 0 radical (unpaired) electrons. The topological polar surface area (TPSA) is 108 Å². The quantitative estimate of drug-likeness (QED) is 0.545. The number of nitrogens with zero attached hydrogens (tertiary/aromatic N) is 2. The van der Waals surface area contributed by atoms with Crippen molar-refractivity contribution in [2.45, 2.75) is 39.3 Å². The highest BCUT2D eigenvalue weighted by Crippen LogP contribution is 2.20. The molecule has 0 bridgehead atoms. The summed E-state index contributed by atoms with van der Waals surface area (Å²) in [6, 6.07) is 5.71. The molecule has 9 heteroatoms. The number of aromatic amines is 2. The van der Waals surface area contributed by atoms with Gasteiger partial charge in [-0.05, 0) is 43.7 Å². The minimum atomic E-state index is -0.253. The van der Waals surface area contributed by atoms with Gasteiger partial charge in [-0.1, -0.05) is 0 Å². The number of hydrogen-bond acceptors (Lipinski definition) is 4. The number of fused-ring (bicyclic) bond motifs is 2. The highest BCUT2D eigenvalue weighted by Gasteiger charge is 2.13. The summed E-state index contributed by atoms with van der Waals surface area (Å²) in [6.45, 7) is 4.66. The van der Waals surface area contributed by atoms with Gasteiger partial charge in [0.2, 0.25) is 5.91 Å². The van der Waals surface area contributed by atoms with Crippen molar-refractivity contribution in [1.82, 2.24) is 25.1 Å². The zero-order valence-corrected chi connectivity index (χ0v) is 15.9. The molecule has 1 amide bonds. The molecule has 3 aromatic rings. The van der Waals surface area contributed by atoms with Crippen molar-refractivity contribution in [3.63, 3.8) is 0 Å². The van der Waals surface area contributed by atoms with Crippen molar-refractivity contribution in [1.29, 1.82) is 0 Å². The van der Waals surface area contributed by atoms with Crippen molar-refractivity contribution < 1.29 is 4.79 Å². The third-order valence-electron chi connectivity index (χ3n) is 4.69. The van der Waals surface area contributed by atoms with Gasteiger partial charge in [0.1, 0.15) is 0 Å². The first-order valence-electron chi connectivity index (χ1n) is 8.87. The van der Waals surface area contributed by atoms with E-state index in [0.717, 1.165) is 42.8 Å². The fourth-order valence-electron chi connectivity index (χ4n) is 3.32. The second-order valence-electron chi connectivity index (χ2n) is 6.72. The summed E-state index contributed by atoms with van der Waals surface area (Å²) in [5, 5.41) is 10.9. The molecule has 0 fully saturated rings. The van der Waals surface area contributed by atoms with Gasteiger partial charge in [-0.2, -0.15) is 5.10 Å². The van der Waals surface area contributed by atoms with E-state index in [0.29, 0.717) is 24.0 Å². The Labute approximate surface area is 162 Å². The first kappa shape index (κ1) is 19.2. The molecule has 1 aliphatic rings. The first-order valence-corrected chi connectivity index (χ1v) is 8.87. The van der Waals surface area contributed by atoms with Crippen LogP contribution in [0.15, 0.2) is 23.0 Å². The molecule has 27 heavy (non-hydrogen) atoms. The van der Waals surface area contributed by atoms with Crippen LogP contribution in [0.5, 0.6) is 0 Å². The molecule has 0 unspecified atom stereocenters. The third-order valence-corrected chi connectivity index (χ3v) is 4.69. The van der Waals surface area contributed by atoms with Crippen molar-refractivity contribution in [2.24, 2.45) is 0 Å². The van der Waals surface area contributed by atoms with Crippen LogP contribution in [-0.4, -0.2) is 32.2 Å². The maximum atomic E-state index is 12.3. The van der Waals surface area contributed by atoms with Crippen LogP contribution >= 0.6 is 12.4 Å². The Morgan fingerprint density at radius 1 is 1.26 bits per heavy atom. The second-order valence-corrected chi connectivity index (χ2v) is 6.72. The number of imidazole rings is 1. The summed E-state index contributed by atoms with van der Waals surface area (Å²) in [4.78, 5) is 29.1. The number of aromatic nitrogens is 4. The van der Waals surface area contributed by atoms with Crippen molar-refractivity contribution in [2.75, 3.05) is 11.9 Å². The van der Waals surface area contributed by atoms with E-state index in [1.807, 2.05) is 17.7 Å². The summed E-state index contributed by atoms with van der Waals surface area (Å²) in [6.07, 6.45) is 2.04. The first-order chi connectivity index (χ1) is 12.6. The lowest BCUT2D eigenvalue weighted by atomic mass is 10.1. The molecule has 0 saturated heterocycles. The van der Waals surface area contributed by atoms with E-state index in [4.69, 9.17) is 0 Å². The van der Waals surface area contributed by atoms with Crippen LogP contribution < -0.4 is 16.3 Å². The van der Waals surface area contributed by atoms with Crippen molar-refractivity contribution >= 4 is 35.0 Å². The van der Waals surface area contributed by atoms with Gasteiger partial charge in [-0.25, -0.2) is 4.79 Å². The van der Waals surface area contributed by atoms with Crippen LogP contribution in [0.3, 0.4) is 0 Å². The molecular formula is C18H23ClN6O2. The van der Waals surface area contributed by atoms with Crippen LogP contribution in [0, 0.1) is 6.92 Å². The molecule has 0 aliphatic carbocycles. The number of nitrogens with one attached hydrogen (secondary N) is 4. The van der Waals surface area contributed by atoms with Gasteiger partial charge in [-0.3, -0.25) is 9.48 Å². The summed E-state index contributed by atoms with van der Waals surface area (Å²) in [7, 11) is 0. The number of halogens is 1. The molecular weight excluding hydrogens is 368 g/mol. The number of H-pyrrole nitrogens is 2. The van der Waals surface area contributed by atoms with Gasteiger partial charge in [0.25, 0.3) is 0 Å². The van der Waals surface area contributed by atoms with Crippen LogP contribution in [0.1, 0.15) is 29.8 Å². The van der Waals surface area contributed by atoms with Gasteiger partial charge in [0.15, 0.2) is 0 Å². The molecule has 0 saturated carbocycles. The normalized spacial score (nSPS) is 13.7. The Kier molecular flexibility index (Phi) is 5.67. The number of anilines is 1. The van der Waals surface area contributed by atoms with Crippen LogP contribution in [0.4, 0.5) is 5.69 Å². The predicted molar refractivity (Wildman–Crippen MR) is 106 cm³/mol. The minimum absolute atomic E-state index is 0. The Bertz CT molecular complexity index is 995. The fraction of sp³-hybridized carbons (Fsp3) is 0.389. The molecule has 1 aromatic carbocycles. The number of benzene rings is 1. The minimum Gasteiger partial charge on any atom is -0.326 e. The Morgan fingerprint density at radius 3 is 2.85 bits per heavy atom. The van der Waals surface area contributed by atoms with Gasteiger partial charge in [-0.15, -0.1) is 12.4 Å². The second kappa shape index (κ2) is 7.98. The SMILES string of the molecule is Cc1cc2[nH]c(=O)[nH]c2cc1NC(=O)CCc1cc2n(n1)CCCNC2.Cl. The van der Waals surface area contributed by atoms with Gasteiger partial charge >= 0.3 is 5.69 Å². The monoisotopic (exact) mass is 390 g/mol. The molecule has 3 heterocycles. The smallest absolute Gasteiger partial charge is 0.323 e. The fourth-order valence-corrected chi connectivity index (χ4v) is 3.32. The number of aryl methyl sites for hydroxylation is 3. The lowest BCUT2D eigenvalue weighted by Crippen LogP contribution is -2.13. The molecule has 144 valence electrons. The predicted octanol–water partition coefficient (Wildman–Crippen LogP) is 1.85. The summed E-state index contributed by atoms with van der Waals surface area (Å²) in [5.74, 6) is -0.0633. The number of carbonyl (C=O) groups is 1. The molecule has 4 rings (SSSR count). The van der Waals surface area contributed by atoms with Gasteiger partial charge in [0, 0.05) is 31.6 Å². The van der Waals surface area contributed by atoms with Crippen molar-refractivity contribution in [3.05, 3.63) is 45.6 Å². The van der Waals surface area contributed by atoms with E-state index in [2.05, 4.69) is 31.8 Å². The number of amides is 1. The lowest BCUT2D eigenvalue weighted by molar-refractivity contribution is -0.116. The van der Waals surface area contributed by atoms with E-state index >= 15 is 0 Å². The average molecular weight is 391 g/mol. The highest BCUT2D eigenvalue weighted by molar-refractivity contribution is 5.94. The number of hydrogen-bond donors (Lipinski definition) is 4. The zero-order valence-electron chi connectivity index (χ0n) is 15.1. The maximum absolute atomic E-state index is 12.3. The van der Waals surface area contributed by atoms with Gasteiger partial charge < -0.3 is 20.6 Å². The van der Waals surface area contributed by atoms with Crippen LogP contribution in [0.2, 0.25) is 0 Å². The van der Waals surface area contributed by atoms with Crippen molar-refractivity contribution in [3.8, 4) is 0 Å². The molecule has 1 aliphatic heterocycles. The largest absolute Gasteiger partial charge is 0.326 e. The zero-order chi connectivity index (χ0) is 18.1. The number of carbonyl (C=O) groups excluding carboxylic acids is 1. The Hall–Kier alpha value is -2.58. The summed E-state index contributed by atoms with van der Waals surface area (Å²) < 4.78 is 2.04. The third kappa shape index (κ3) is 4.23. The lowest BCUT2D eigenvalue weighted by Gasteiger charge is -2.08. The summed E-state index contributed by atoms with van der Waals surface area (Å²) >= 11 is 0. The maximum Gasteiger partial charge on any atom is 0.323 e. The average Bonchev–Trinajstić information content (AvgIpc) is 3.08. The molecule has 4 N–H and O–H groups in total. The molecule has 8 nitrogen and oxygen atoms in total. The van der Waals surface area contributed by atoms with Crippen LogP contribution in [-0.2, 0) is 24.3 Å². The Morgan fingerprint density at radius 2 is 2.04 bits per heavy atom. The van der Waals surface area contributed by atoms with E-state index in [9.17, 15) is 9.59 Å². The van der Waals surface area contributed by atoms with E-state index in [1.165, 1.54) is 5.69 Å². The molecule has 0 atom stereocenters. The molecule has 2 aromatic heterocycles. The van der Waals surface area contributed by atoms with Crippen LogP contribution in [0.25, 0.3) is 11.0 Å². The highest BCUT2D eigenvalue weighted by atomic mass is 35.5. The van der Waals surface area contributed by atoms with E-state index < -0.39 is 0 Å². The molecule has 0 spiro atoms. The van der Waals surface area contributed by atoms with Gasteiger partial charge in [0.05, 0.1) is 22.4 Å². The van der Waals surface area contributed by atoms with E-state index in [1.54, 1.807) is 6.07 Å². The Balaban J connectivity index is 0.00000210.